The molecule has 162 valence electrons. The van der Waals surface area contributed by atoms with Gasteiger partial charge in [-0.1, -0.05) is 43.3 Å². The lowest BCUT2D eigenvalue weighted by Crippen LogP contribution is -2.28. The van der Waals surface area contributed by atoms with Crippen molar-refractivity contribution in [1.82, 2.24) is 0 Å². The van der Waals surface area contributed by atoms with E-state index in [1.54, 1.807) is 0 Å². The summed E-state index contributed by atoms with van der Waals surface area (Å²) in [6.07, 6.45) is 4.75. The average Bonchev–Trinajstić information content (AvgIpc) is 3.26. The van der Waals surface area contributed by atoms with E-state index in [4.69, 9.17) is 14.6 Å². The minimum atomic E-state index is -0.250. The SMILES string of the molecule is CC[C@@H]1CCCN1c1ccc(Oc2cccc(Cc3ccccc3C)c2)cc1.O=CO. The van der Waals surface area contributed by atoms with Crippen LogP contribution >= 0.6 is 0 Å². The number of aryl methyl sites for hydroxylation is 1. The van der Waals surface area contributed by atoms with Crippen molar-refractivity contribution in [1.29, 1.82) is 0 Å². The summed E-state index contributed by atoms with van der Waals surface area (Å²) in [5, 5.41) is 6.89. The Labute approximate surface area is 185 Å². The summed E-state index contributed by atoms with van der Waals surface area (Å²) in [6.45, 7) is 5.37. The molecular formula is C27H31NO3. The quantitative estimate of drug-likeness (QED) is 0.468. The van der Waals surface area contributed by atoms with Crippen molar-refractivity contribution < 1.29 is 14.6 Å². The van der Waals surface area contributed by atoms with E-state index in [9.17, 15) is 0 Å². The summed E-state index contributed by atoms with van der Waals surface area (Å²) in [7, 11) is 0. The average molecular weight is 418 g/mol. The molecule has 0 aromatic heterocycles. The number of ether oxygens (including phenoxy) is 1. The number of nitrogens with zero attached hydrogens (tertiary/aromatic N) is 1. The third kappa shape index (κ3) is 6.11. The monoisotopic (exact) mass is 417 g/mol. The van der Waals surface area contributed by atoms with E-state index in [-0.39, 0.29) is 6.47 Å². The Balaban J connectivity index is 0.000000858. The highest BCUT2D eigenvalue weighted by Crippen LogP contribution is 2.30. The van der Waals surface area contributed by atoms with Gasteiger partial charge in [0, 0.05) is 18.3 Å². The predicted octanol–water partition coefficient (Wildman–Crippen LogP) is 6.46. The fraction of sp³-hybridized carbons (Fsp3) is 0.296. The molecular weight excluding hydrogens is 386 g/mol. The summed E-state index contributed by atoms with van der Waals surface area (Å²) in [6, 6.07) is 26.2. The number of benzene rings is 3. The van der Waals surface area contributed by atoms with E-state index in [0.29, 0.717) is 6.04 Å². The molecule has 0 aliphatic carbocycles. The van der Waals surface area contributed by atoms with Gasteiger partial charge in [0.2, 0.25) is 0 Å². The Morgan fingerprint density at radius 3 is 2.48 bits per heavy atom. The fourth-order valence-electron chi connectivity index (χ4n) is 4.19. The Kier molecular flexibility index (Phi) is 8.11. The summed E-state index contributed by atoms with van der Waals surface area (Å²) in [5.74, 6) is 1.79. The number of rotatable bonds is 6. The third-order valence-corrected chi connectivity index (χ3v) is 5.81. The molecule has 0 bridgehead atoms. The van der Waals surface area contributed by atoms with E-state index in [1.807, 2.05) is 6.07 Å². The summed E-state index contributed by atoms with van der Waals surface area (Å²) < 4.78 is 6.14. The van der Waals surface area contributed by atoms with E-state index in [2.05, 4.69) is 85.5 Å². The molecule has 0 amide bonds. The molecule has 31 heavy (non-hydrogen) atoms. The van der Waals surface area contributed by atoms with Crippen molar-refractivity contribution in [3.63, 3.8) is 0 Å². The van der Waals surface area contributed by atoms with Crippen LogP contribution < -0.4 is 9.64 Å². The normalized spacial score (nSPS) is 15.2. The van der Waals surface area contributed by atoms with Crippen molar-refractivity contribution in [3.05, 3.63) is 89.5 Å². The van der Waals surface area contributed by atoms with Gasteiger partial charge in [-0.25, -0.2) is 0 Å². The first-order valence-electron chi connectivity index (χ1n) is 10.9. The third-order valence-electron chi connectivity index (χ3n) is 5.81. The molecule has 0 saturated carbocycles. The molecule has 1 saturated heterocycles. The summed E-state index contributed by atoms with van der Waals surface area (Å²) in [4.78, 5) is 10.9. The van der Waals surface area contributed by atoms with Gasteiger partial charge >= 0.3 is 0 Å². The molecule has 4 nitrogen and oxygen atoms in total. The highest BCUT2D eigenvalue weighted by atomic mass is 16.5. The van der Waals surface area contributed by atoms with Crippen LogP contribution in [-0.2, 0) is 11.2 Å². The second-order valence-electron chi connectivity index (χ2n) is 7.85. The Morgan fingerprint density at radius 1 is 1.03 bits per heavy atom. The number of anilines is 1. The van der Waals surface area contributed by atoms with Gasteiger partial charge in [-0.3, -0.25) is 4.79 Å². The molecule has 1 fully saturated rings. The van der Waals surface area contributed by atoms with Crippen LogP contribution in [0.15, 0.2) is 72.8 Å². The first-order valence-corrected chi connectivity index (χ1v) is 10.9. The number of hydrogen-bond acceptors (Lipinski definition) is 3. The van der Waals surface area contributed by atoms with E-state index in [0.717, 1.165) is 17.9 Å². The second-order valence-corrected chi connectivity index (χ2v) is 7.85. The van der Waals surface area contributed by atoms with Crippen LogP contribution in [0.2, 0.25) is 0 Å². The van der Waals surface area contributed by atoms with Gasteiger partial charge < -0.3 is 14.7 Å². The Morgan fingerprint density at radius 2 is 1.77 bits per heavy atom. The smallest absolute Gasteiger partial charge is 0.290 e. The van der Waals surface area contributed by atoms with Crippen molar-refractivity contribution in [2.45, 2.75) is 45.6 Å². The van der Waals surface area contributed by atoms with Crippen molar-refractivity contribution in [2.24, 2.45) is 0 Å². The highest BCUT2D eigenvalue weighted by Gasteiger charge is 2.22. The van der Waals surface area contributed by atoms with Crippen LogP contribution in [0, 0.1) is 6.92 Å². The van der Waals surface area contributed by atoms with Gasteiger partial charge in [-0.2, -0.15) is 0 Å². The number of hydrogen-bond donors (Lipinski definition) is 1. The van der Waals surface area contributed by atoms with Crippen LogP contribution in [0.1, 0.15) is 42.9 Å². The van der Waals surface area contributed by atoms with Crippen LogP contribution in [0.3, 0.4) is 0 Å². The number of carboxylic acid groups (broad SMARTS) is 1. The van der Waals surface area contributed by atoms with Crippen LogP contribution in [0.25, 0.3) is 0 Å². The first kappa shape index (κ1) is 22.4. The molecule has 1 N–H and O–H groups in total. The molecule has 4 rings (SSSR count). The van der Waals surface area contributed by atoms with Gasteiger partial charge in [0.1, 0.15) is 11.5 Å². The Hall–Kier alpha value is -3.27. The predicted molar refractivity (Wildman–Crippen MR) is 126 cm³/mol. The zero-order valence-corrected chi connectivity index (χ0v) is 18.3. The molecule has 0 unspecified atom stereocenters. The van der Waals surface area contributed by atoms with Gasteiger partial charge in [-0.05, 0) is 85.7 Å². The maximum Gasteiger partial charge on any atom is 0.290 e. The first-order chi connectivity index (χ1) is 15.1. The maximum atomic E-state index is 8.36. The van der Waals surface area contributed by atoms with E-state index >= 15 is 0 Å². The molecule has 3 aromatic rings. The van der Waals surface area contributed by atoms with Crippen LogP contribution in [0.4, 0.5) is 5.69 Å². The topological polar surface area (TPSA) is 49.8 Å². The van der Waals surface area contributed by atoms with E-state index in [1.165, 1.54) is 48.2 Å². The lowest BCUT2D eigenvalue weighted by Gasteiger charge is -2.26. The highest BCUT2D eigenvalue weighted by molar-refractivity contribution is 5.51. The molecule has 4 heteroatoms. The van der Waals surface area contributed by atoms with Gasteiger partial charge in [0.05, 0.1) is 0 Å². The lowest BCUT2D eigenvalue weighted by molar-refractivity contribution is -0.122. The van der Waals surface area contributed by atoms with E-state index < -0.39 is 0 Å². The van der Waals surface area contributed by atoms with Crippen LogP contribution in [-0.4, -0.2) is 24.2 Å². The molecule has 1 aliphatic heterocycles. The molecule has 3 aromatic carbocycles. The second kappa shape index (κ2) is 11.2. The summed E-state index contributed by atoms with van der Waals surface area (Å²) in [5.41, 5.74) is 5.27. The van der Waals surface area contributed by atoms with Crippen molar-refractivity contribution >= 4 is 12.2 Å². The number of carbonyl (C=O) groups is 1. The maximum absolute atomic E-state index is 8.36. The van der Waals surface area contributed by atoms with Gasteiger partial charge in [0.15, 0.2) is 0 Å². The van der Waals surface area contributed by atoms with Gasteiger partial charge in [0.25, 0.3) is 6.47 Å². The molecule has 1 aliphatic rings. The van der Waals surface area contributed by atoms with Crippen LogP contribution in [0.5, 0.6) is 11.5 Å². The zero-order chi connectivity index (χ0) is 22.1. The van der Waals surface area contributed by atoms with Crippen molar-refractivity contribution in [2.75, 3.05) is 11.4 Å². The van der Waals surface area contributed by atoms with Gasteiger partial charge in [-0.15, -0.1) is 0 Å². The molecule has 0 spiro atoms. The molecule has 1 atom stereocenters. The minimum absolute atomic E-state index is 0.250. The van der Waals surface area contributed by atoms with Crippen molar-refractivity contribution in [3.8, 4) is 11.5 Å². The minimum Gasteiger partial charge on any atom is -0.483 e. The Bertz CT molecular complexity index is 968. The lowest BCUT2D eigenvalue weighted by atomic mass is 10.0. The fourth-order valence-corrected chi connectivity index (χ4v) is 4.19. The zero-order valence-electron chi connectivity index (χ0n) is 18.3. The largest absolute Gasteiger partial charge is 0.483 e. The molecule has 0 radical (unpaired) electrons. The molecule has 1 heterocycles. The summed E-state index contributed by atoms with van der Waals surface area (Å²) >= 11 is 0. The standard InChI is InChI=1S/C26H29NO.CH2O2/c1-3-23-11-7-17-27(23)24-13-15-25(16-14-24)28-26-12-6-9-21(19-26)18-22-10-5-4-8-20(22)2;2-1-3/h4-6,8-10,12-16,19,23H,3,7,11,17-18H2,1-2H3;1H,(H,2,3)/t23-;/m1./s1.